The van der Waals surface area contributed by atoms with Gasteiger partial charge in [-0.25, -0.2) is 8.42 Å². The Bertz CT molecular complexity index is 701. The topological polar surface area (TPSA) is 66.4 Å². The summed E-state index contributed by atoms with van der Waals surface area (Å²) in [5.74, 6) is 0.465. The first-order valence-corrected chi connectivity index (χ1v) is 13.4. The second-order valence-electron chi connectivity index (χ2n) is 8.92. The van der Waals surface area contributed by atoms with E-state index in [0.29, 0.717) is 5.75 Å². The van der Waals surface area contributed by atoms with E-state index in [1.165, 1.54) is 95.6 Å². The molecule has 31 heavy (non-hydrogen) atoms. The van der Waals surface area contributed by atoms with Gasteiger partial charge in [0.2, 0.25) is 0 Å². The van der Waals surface area contributed by atoms with Crippen molar-refractivity contribution < 1.29 is 47.3 Å². The molecule has 0 aromatic heterocycles. The Labute approximate surface area is 214 Å². The van der Waals surface area contributed by atoms with Crippen LogP contribution in [0, 0.1) is 0 Å². The Morgan fingerprint density at radius 1 is 0.774 bits per heavy atom. The molecule has 6 heteroatoms. The Morgan fingerprint density at radius 3 is 1.71 bits per heavy atom. The summed E-state index contributed by atoms with van der Waals surface area (Å²) in [5.41, 5.74) is 2.56. The molecule has 4 nitrogen and oxygen atoms in total. The van der Waals surface area contributed by atoms with E-state index in [0.717, 1.165) is 19.3 Å². The molecule has 0 aliphatic carbocycles. The number of rotatable bonds is 17. The Morgan fingerprint density at radius 2 is 1.23 bits per heavy atom. The van der Waals surface area contributed by atoms with Gasteiger partial charge in [0, 0.05) is 0 Å². The molecule has 174 valence electrons. The zero-order valence-corrected chi connectivity index (χ0v) is 23.5. The van der Waals surface area contributed by atoms with Crippen LogP contribution in [-0.2, 0) is 23.0 Å². The molecule has 0 N–H and O–H groups in total. The summed E-state index contributed by atoms with van der Waals surface area (Å²) in [7, 11) is -4.55. The third-order valence-electron chi connectivity index (χ3n) is 5.74. The van der Waals surface area contributed by atoms with Gasteiger partial charge in [-0.15, -0.1) is 0 Å². The molecule has 1 aromatic rings. The quantitative estimate of drug-likeness (QED) is 0.198. The summed E-state index contributed by atoms with van der Waals surface area (Å²) in [6.07, 6.45) is 17.0. The molecule has 1 aromatic carbocycles. The van der Waals surface area contributed by atoms with Crippen molar-refractivity contribution in [2.45, 2.75) is 123 Å². The summed E-state index contributed by atoms with van der Waals surface area (Å²) < 4.78 is 40.0. The van der Waals surface area contributed by atoms with Crippen LogP contribution < -0.4 is 34.3 Å². The third-order valence-corrected chi connectivity index (χ3v) is 7.03. The molecular formula is C25H43NaO4S. The maximum atomic E-state index is 11.5. The van der Waals surface area contributed by atoms with Crippen LogP contribution in [0.4, 0.5) is 0 Å². The molecule has 0 spiro atoms. The van der Waals surface area contributed by atoms with Gasteiger partial charge in [-0.1, -0.05) is 84.1 Å². The second-order valence-corrected chi connectivity index (χ2v) is 10.8. The van der Waals surface area contributed by atoms with Crippen LogP contribution in [0.1, 0.15) is 116 Å². The first-order valence-electron chi connectivity index (χ1n) is 12.0. The van der Waals surface area contributed by atoms with Crippen molar-refractivity contribution in [3.05, 3.63) is 29.3 Å². The van der Waals surface area contributed by atoms with Gasteiger partial charge in [0.25, 0.3) is 0 Å². The van der Waals surface area contributed by atoms with Crippen molar-refractivity contribution in [1.82, 2.24) is 0 Å². The molecule has 0 amide bonds. The predicted molar refractivity (Wildman–Crippen MR) is 125 cm³/mol. The van der Waals surface area contributed by atoms with Crippen molar-refractivity contribution in [3.63, 3.8) is 0 Å². The number of aryl methyl sites for hydroxylation is 2. The van der Waals surface area contributed by atoms with Crippen molar-refractivity contribution in [2.75, 3.05) is 0 Å². The zero-order chi connectivity index (χ0) is 22.5. The summed E-state index contributed by atoms with van der Waals surface area (Å²) in [5, 5.41) is 0. The molecule has 0 aliphatic rings. The Kier molecular flexibility index (Phi) is 16.5. The van der Waals surface area contributed by atoms with Gasteiger partial charge in [-0.05, 0) is 62.8 Å². The van der Waals surface area contributed by atoms with E-state index in [-0.39, 0.29) is 29.6 Å². The fourth-order valence-electron chi connectivity index (χ4n) is 3.67. The van der Waals surface area contributed by atoms with Crippen LogP contribution in [0.25, 0.3) is 0 Å². The minimum absolute atomic E-state index is 0. The average Bonchev–Trinajstić information content (AvgIpc) is 2.67. The molecule has 0 aliphatic heterocycles. The van der Waals surface area contributed by atoms with Crippen LogP contribution >= 0.6 is 0 Å². The van der Waals surface area contributed by atoms with Gasteiger partial charge in [-0.3, -0.25) is 0 Å². The van der Waals surface area contributed by atoms with Gasteiger partial charge >= 0.3 is 29.6 Å². The van der Waals surface area contributed by atoms with E-state index >= 15 is 0 Å². The minimum atomic E-state index is -4.55. The average molecular weight is 463 g/mol. The molecule has 0 heterocycles. The Balaban J connectivity index is 0.00000900. The van der Waals surface area contributed by atoms with Gasteiger partial charge in [0.1, 0.15) is 15.9 Å². The first kappa shape index (κ1) is 30.9. The second kappa shape index (κ2) is 16.5. The molecule has 0 atom stereocenters. The van der Waals surface area contributed by atoms with E-state index in [2.05, 4.69) is 19.9 Å². The first-order chi connectivity index (χ1) is 14.2. The van der Waals surface area contributed by atoms with Crippen LogP contribution in [0.15, 0.2) is 18.2 Å². The van der Waals surface area contributed by atoms with Crippen molar-refractivity contribution in [3.8, 4) is 5.75 Å². The van der Waals surface area contributed by atoms with Gasteiger partial charge in [0.15, 0.2) is 4.93 Å². The molecule has 0 saturated heterocycles. The van der Waals surface area contributed by atoms with Gasteiger partial charge < -0.3 is 9.29 Å². The molecule has 1 rings (SSSR count). The van der Waals surface area contributed by atoms with E-state index in [1.54, 1.807) is 0 Å². The molecule has 0 saturated carbocycles. The fraction of sp³-hybridized carbons (Fsp3) is 0.760. The van der Waals surface area contributed by atoms with Crippen molar-refractivity contribution in [1.29, 1.82) is 0 Å². The standard InChI is InChI=1S/C25H44O4S.Na/c1-5-7-9-11-13-15-17-22-19-20-24(29-25(3,4)30(26,27)28)21-23(22)18-16-14-12-10-8-6-2;/h19-21H,5-18H2,1-4H3,(H,26,27,28);/q;+1/p-1. The monoisotopic (exact) mass is 462 g/mol. The maximum Gasteiger partial charge on any atom is 1.00 e. The summed E-state index contributed by atoms with van der Waals surface area (Å²) in [6, 6.07) is 5.82. The summed E-state index contributed by atoms with van der Waals surface area (Å²) >= 11 is 0. The molecular weight excluding hydrogens is 419 g/mol. The van der Waals surface area contributed by atoms with Crippen LogP contribution in [0.2, 0.25) is 0 Å². The van der Waals surface area contributed by atoms with Crippen molar-refractivity contribution >= 4 is 10.1 Å². The molecule has 0 radical (unpaired) electrons. The SMILES string of the molecule is CCCCCCCCc1ccc(OC(C)(C)S(=O)(=O)[O-])cc1CCCCCCCC.[Na+]. The molecule has 0 fully saturated rings. The van der Waals surface area contributed by atoms with Gasteiger partial charge in [-0.2, -0.15) is 0 Å². The van der Waals surface area contributed by atoms with Gasteiger partial charge in [0.05, 0.1) is 0 Å². The van der Waals surface area contributed by atoms with E-state index in [9.17, 15) is 13.0 Å². The largest absolute Gasteiger partial charge is 1.00 e. The number of benzene rings is 1. The fourth-order valence-corrected chi connectivity index (χ4v) is 3.87. The maximum absolute atomic E-state index is 11.5. The minimum Gasteiger partial charge on any atom is -0.745 e. The third kappa shape index (κ3) is 12.7. The van der Waals surface area contributed by atoms with Crippen LogP contribution in [0.5, 0.6) is 5.75 Å². The molecule has 0 bridgehead atoms. The molecule has 0 unspecified atom stereocenters. The smallest absolute Gasteiger partial charge is 0.745 e. The van der Waals surface area contributed by atoms with E-state index < -0.39 is 15.1 Å². The van der Waals surface area contributed by atoms with E-state index in [4.69, 9.17) is 4.74 Å². The van der Waals surface area contributed by atoms with E-state index in [1.807, 2.05) is 12.1 Å². The van der Waals surface area contributed by atoms with Crippen molar-refractivity contribution in [2.24, 2.45) is 0 Å². The van der Waals surface area contributed by atoms with Crippen LogP contribution in [0.3, 0.4) is 0 Å². The predicted octanol–water partition coefficient (Wildman–Crippen LogP) is 4.16. The summed E-state index contributed by atoms with van der Waals surface area (Å²) in [6.45, 7) is 7.08. The number of ether oxygens (including phenoxy) is 1. The summed E-state index contributed by atoms with van der Waals surface area (Å²) in [4.78, 5) is -1.77. The Hall–Kier alpha value is -0.0700. The number of hydrogen-bond donors (Lipinski definition) is 0. The number of hydrogen-bond acceptors (Lipinski definition) is 4. The normalized spacial score (nSPS) is 11.9. The van der Waals surface area contributed by atoms with Crippen LogP contribution in [-0.4, -0.2) is 17.9 Å². The number of unbranched alkanes of at least 4 members (excludes halogenated alkanes) is 10. The zero-order valence-electron chi connectivity index (χ0n) is 20.7.